The highest BCUT2D eigenvalue weighted by atomic mass is 32.1. The summed E-state index contributed by atoms with van der Waals surface area (Å²) in [5, 5.41) is 4.93. The van der Waals surface area contributed by atoms with E-state index in [-0.39, 0.29) is 17.2 Å². The maximum absolute atomic E-state index is 14.4. The third-order valence-electron chi connectivity index (χ3n) is 7.88. The van der Waals surface area contributed by atoms with Crippen molar-refractivity contribution in [3.8, 4) is 22.7 Å². The van der Waals surface area contributed by atoms with Gasteiger partial charge < -0.3 is 14.2 Å². The number of methoxy groups -OCH3 is 1. The van der Waals surface area contributed by atoms with Gasteiger partial charge in [0.1, 0.15) is 11.4 Å². The van der Waals surface area contributed by atoms with Gasteiger partial charge in [0.15, 0.2) is 4.80 Å². The van der Waals surface area contributed by atoms with Crippen LogP contribution in [0, 0.1) is 0 Å². The number of carbonyl (C=O) groups excluding carboxylic acids is 2. The number of thiazole rings is 1. The van der Waals surface area contributed by atoms with Crippen LogP contribution in [0.15, 0.2) is 106 Å². The maximum atomic E-state index is 14.4. The fourth-order valence-electron chi connectivity index (χ4n) is 5.60. The van der Waals surface area contributed by atoms with E-state index in [1.54, 1.807) is 49.7 Å². The number of hydrogen-bond donors (Lipinski definition) is 0. The largest absolute Gasteiger partial charge is 0.494 e. The second-order valence-electron chi connectivity index (χ2n) is 11.7. The van der Waals surface area contributed by atoms with Crippen LogP contribution in [0.4, 0.5) is 0 Å². The van der Waals surface area contributed by atoms with E-state index in [0.29, 0.717) is 38.5 Å². The van der Waals surface area contributed by atoms with Crippen molar-refractivity contribution in [2.75, 3.05) is 13.7 Å². The quantitative estimate of drug-likeness (QED) is 0.177. The summed E-state index contributed by atoms with van der Waals surface area (Å²) in [5.41, 5.74) is 4.48. The zero-order valence-electron chi connectivity index (χ0n) is 27.9. The van der Waals surface area contributed by atoms with Gasteiger partial charge in [-0.3, -0.25) is 9.36 Å². The van der Waals surface area contributed by atoms with Crippen LogP contribution in [0.2, 0.25) is 0 Å². The molecule has 3 aromatic carbocycles. The number of para-hydroxylation sites is 1. The molecule has 6 rings (SSSR count). The summed E-state index contributed by atoms with van der Waals surface area (Å²) < 4.78 is 20.0. The molecular weight excluding hydrogens is 641 g/mol. The lowest BCUT2D eigenvalue weighted by Crippen LogP contribution is -2.40. The molecule has 0 saturated heterocycles. The Hall–Kier alpha value is -5.55. The first-order valence-electron chi connectivity index (χ1n) is 16.0. The zero-order chi connectivity index (χ0) is 34.7. The number of nitrogens with zero attached hydrogens (tertiary/aromatic N) is 4. The van der Waals surface area contributed by atoms with Gasteiger partial charge in [-0.15, -0.1) is 0 Å². The molecule has 11 heteroatoms. The molecule has 1 unspecified atom stereocenters. The van der Waals surface area contributed by atoms with Gasteiger partial charge in [-0.25, -0.2) is 19.3 Å². The van der Waals surface area contributed by atoms with Crippen LogP contribution in [0.1, 0.15) is 61.6 Å². The molecular formula is C38H36N4O6S. The van der Waals surface area contributed by atoms with E-state index in [1.807, 2.05) is 66.9 Å². The first-order valence-corrected chi connectivity index (χ1v) is 16.8. The molecule has 10 nitrogen and oxygen atoms in total. The minimum atomic E-state index is -0.835. The van der Waals surface area contributed by atoms with E-state index in [9.17, 15) is 14.4 Å². The SMILES string of the molecule is CCCOc1ccc(-c2nn(-c3ccccc3)cc2C=c2sc3n(c2=O)C(c2ccc(C(=O)OC)cc2)C(C(=O)OC(C)C)=C(C)N=3)cc1. The monoisotopic (exact) mass is 676 g/mol. The molecule has 1 aliphatic heterocycles. The molecule has 1 atom stereocenters. The van der Waals surface area contributed by atoms with Crippen LogP contribution in [0.3, 0.4) is 0 Å². The maximum Gasteiger partial charge on any atom is 0.338 e. The van der Waals surface area contributed by atoms with Gasteiger partial charge in [-0.1, -0.05) is 48.6 Å². The number of allylic oxidation sites excluding steroid dienone is 1. The molecule has 2 aromatic heterocycles. The first-order chi connectivity index (χ1) is 23.7. The van der Waals surface area contributed by atoms with Crippen molar-refractivity contribution in [1.82, 2.24) is 14.3 Å². The fourth-order valence-corrected chi connectivity index (χ4v) is 6.63. The molecule has 0 saturated carbocycles. The van der Waals surface area contributed by atoms with Crippen LogP contribution in [-0.2, 0) is 14.3 Å². The average Bonchev–Trinajstić information content (AvgIpc) is 3.67. The summed E-state index contributed by atoms with van der Waals surface area (Å²) in [6.07, 6.45) is 4.23. The van der Waals surface area contributed by atoms with Crippen LogP contribution < -0.4 is 19.6 Å². The van der Waals surface area contributed by atoms with Gasteiger partial charge in [0.25, 0.3) is 5.56 Å². The Bertz CT molecular complexity index is 2210. The zero-order valence-corrected chi connectivity index (χ0v) is 28.7. The predicted molar refractivity (Wildman–Crippen MR) is 188 cm³/mol. The summed E-state index contributed by atoms with van der Waals surface area (Å²) in [7, 11) is 1.31. The van der Waals surface area contributed by atoms with E-state index in [1.165, 1.54) is 23.0 Å². The summed E-state index contributed by atoms with van der Waals surface area (Å²) in [5.74, 6) is -0.285. The molecule has 1 aliphatic rings. The van der Waals surface area contributed by atoms with Gasteiger partial charge in [0.05, 0.1) is 52.9 Å². The van der Waals surface area contributed by atoms with E-state index in [0.717, 1.165) is 29.0 Å². The number of carbonyl (C=O) groups is 2. The number of hydrogen-bond acceptors (Lipinski definition) is 9. The van der Waals surface area contributed by atoms with Crippen molar-refractivity contribution in [3.05, 3.63) is 133 Å². The minimum Gasteiger partial charge on any atom is -0.494 e. The molecule has 3 heterocycles. The van der Waals surface area contributed by atoms with Gasteiger partial charge in [0.2, 0.25) is 0 Å². The molecule has 0 fully saturated rings. The molecule has 0 aliphatic carbocycles. The van der Waals surface area contributed by atoms with Gasteiger partial charge in [-0.05, 0) is 87.4 Å². The number of rotatable bonds is 10. The second kappa shape index (κ2) is 14.3. The Labute approximate surface area is 287 Å². The third kappa shape index (κ3) is 6.88. The van der Waals surface area contributed by atoms with E-state index in [2.05, 4.69) is 6.92 Å². The highest BCUT2D eigenvalue weighted by Gasteiger charge is 2.34. The van der Waals surface area contributed by atoms with Crippen molar-refractivity contribution in [1.29, 1.82) is 0 Å². The van der Waals surface area contributed by atoms with Gasteiger partial charge in [0, 0.05) is 17.3 Å². The predicted octanol–water partition coefficient (Wildman–Crippen LogP) is 5.61. The summed E-state index contributed by atoms with van der Waals surface area (Å²) >= 11 is 1.23. The Morgan fingerprint density at radius 1 is 0.980 bits per heavy atom. The lowest BCUT2D eigenvalue weighted by molar-refractivity contribution is -0.143. The highest BCUT2D eigenvalue weighted by Crippen LogP contribution is 2.32. The summed E-state index contributed by atoms with van der Waals surface area (Å²) in [4.78, 5) is 45.2. The summed E-state index contributed by atoms with van der Waals surface area (Å²) in [6.45, 7) is 7.95. The van der Waals surface area contributed by atoms with Crippen molar-refractivity contribution in [2.45, 2.75) is 46.3 Å². The number of aromatic nitrogens is 3. The van der Waals surface area contributed by atoms with Crippen LogP contribution >= 0.6 is 11.3 Å². The fraction of sp³-hybridized carbons (Fsp3) is 0.237. The van der Waals surface area contributed by atoms with Crippen molar-refractivity contribution < 1.29 is 23.8 Å². The molecule has 0 spiro atoms. The molecule has 49 heavy (non-hydrogen) atoms. The lowest BCUT2D eigenvalue weighted by Gasteiger charge is -2.25. The molecule has 0 amide bonds. The standard InChI is InChI=1S/C38H36N4O6S/c1-6-20-47-30-18-16-25(17-19-30)33-28(22-41(40-33)29-10-8-7-9-11-29)21-31-35(43)42-34(26-12-14-27(15-13-26)36(44)46-5)32(37(45)48-23(2)3)24(4)39-38(42)49-31/h7-19,21-23,34H,6,20H2,1-5H3. The van der Waals surface area contributed by atoms with E-state index < -0.39 is 18.0 Å². The van der Waals surface area contributed by atoms with Gasteiger partial charge in [-0.2, -0.15) is 5.10 Å². The normalized spacial score (nSPS) is 14.4. The number of benzene rings is 3. The first kappa shape index (κ1) is 33.4. The molecule has 250 valence electrons. The molecule has 0 radical (unpaired) electrons. The van der Waals surface area contributed by atoms with E-state index >= 15 is 0 Å². The lowest BCUT2D eigenvalue weighted by atomic mass is 9.95. The van der Waals surface area contributed by atoms with Crippen LogP contribution in [0.25, 0.3) is 23.0 Å². The van der Waals surface area contributed by atoms with Crippen LogP contribution in [0.5, 0.6) is 5.75 Å². The second-order valence-corrected chi connectivity index (χ2v) is 12.7. The van der Waals surface area contributed by atoms with Crippen molar-refractivity contribution in [3.63, 3.8) is 0 Å². The Kier molecular flexibility index (Phi) is 9.72. The minimum absolute atomic E-state index is 0.251. The average molecular weight is 677 g/mol. The Morgan fingerprint density at radius 2 is 1.69 bits per heavy atom. The van der Waals surface area contributed by atoms with E-state index in [4.69, 9.17) is 24.3 Å². The highest BCUT2D eigenvalue weighted by molar-refractivity contribution is 7.07. The summed E-state index contributed by atoms with van der Waals surface area (Å²) in [6, 6.07) is 23.3. The molecule has 5 aromatic rings. The number of esters is 2. The Balaban J connectivity index is 1.51. The van der Waals surface area contributed by atoms with Crippen LogP contribution in [-0.4, -0.2) is 46.1 Å². The topological polar surface area (TPSA) is 114 Å². The Morgan fingerprint density at radius 3 is 2.35 bits per heavy atom. The third-order valence-corrected chi connectivity index (χ3v) is 8.87. The van der Waals surface area contributed by atoms with Gasteiger partial charge >= 0.3 is 11.9 Å². The smallest absolute Gasteiger partial charge is 0.338 e. The molecule has 0 bridgehead atoms. The van der Waals surface area contributed by atoms with Crippen molar-refractivity contribution >= 4 is 29.4 Å². The number of ether oxygens (including phenoxy) is 3. The molecule has 0 N–H and O–H groups in total. The number of fused-ring (bicyclic) bond motifs is 1. The van der Waals surface area contributed by atoms with Crippen molar-refractivity contribution in [2.24, 2.45) is 4.99 Å².